The highest BCUT2D eigenvalue weighted by Crippen LogP contribution is 2.27. The molecule has 0 saturated carbocycles. The van der Waals surface area contributed by atoms with Crippen LogP contribution in [0.2, 0.25) is 0 Å². The zero-order valence-electron chi connectivity index (χ0n) is 15.3. The van der Waals surface area contributed by atoms with Crippen LogP contribution in [0.25, 0.3) is 15.7 Å². The summed E-state index contributed by atoms with van der Waals surface area (Å²) in [5, 5.41) is 7.21. The maximum atomic E-state index is 12.8. The maximum absolute atomic E-state index is 12.8. The largest absolute Gasteiger partial charge is 0.346 e. The lowest BCUT2D eigenvalue weighted by molar-refractivity contribution is -0.122. The Bertz CT molecular complexity index is 1210. The number of pyridine rings is 1. The van der Waals surface area contributed by atoms with Crippen LogP contribution in [0.3, 0.4) is 0 Å². The van der Waals surface area contributed by atoms with Gasteiger partial charge < -0.3 is 5.32 Å². The molecule has 1 atom stereocenters. The minimum Gasteiger partial charge on any atom is -0.346 e. The van der Waals surface area contributed by atoms with E-state index in [1.807, 2.05) is 55.5 Å². The van der Waals surface area contributed by atoms with E-state index in [0.29, 0.717) is 11.3 Å². The summed E-state index contributed by atoms with van der Waals surface area (Å²) >= 11 is 1.64. The lowest BCUT2D eigenvalue weighted by atomic mass is 10.2. The third-order valence-corrected chi connectivity index (χ3v) is 5.44. The van der Waals surface area contributed by atoms with Crippen molar-refractivity contribution >= 4 is 33.0 Å². The van der Waals surface area contributed by atoms with E-state index in [2.05, 4.69) is 15.4 Å². The van der Waals surface area contributed by atoms with Gasteiger partial charge in [-0.15, -0.1) is 11.3 Å². The predicted octanol–water partition coefficient (Wildman–Crippen LogP) is 2.60. The van der Waals surface area contributed by atoms with Crippen LogP contribution in [0.15, 0.2) is 41.3 Å². The number of nitrogens with one attached hydrogen (secondary N) is 1. The SMILES string of the molecule is Cc1cc2c(cc3c(=O)n(CC(=O)N[C@H](C)c4ccccn4)nc(C)n32)s1. The highest BCUT2D eigenvalue weighted by Gasteiger charge is 2.17. The number of amides is 1. The molecule has 138 valence electrons. The van der Waals surface area contributed by atoms with Crippen molar-refractivity contribution in [3.63, 3.8) is 0 Å². The Labute approximate surface area is 159 Å². The molecule has 4 heterocycles. The van der Waals surface area contributed by atoms with Crippen molar-refractivity contribution in [2.75, 3.05) is 0 Å². The second-order valence-electron chi connectivity index (χ2n) is 6.53. The van der Waals surface area contributed by atoms with Crippen LogP contribution in [0.1, 0.15) is 29.4 Å². The second kappa shape index (κ2) is 6.62. The topological polar surface area (TPSA) is 81.3 Å². The molecule has 7 nitrogen and oxygen atoms in total. The Hall–Kier alpha value is -3.00. The molecule has 1 N–H and O–H groups in total. The van der Waals surface area contributed by atoms with Crippen molar-refractivity contribution in [2.45, 2.75) is 33.4 Å². The van der Waals surface area contributed by atoms with Crippen LogP contribution in [-0.2, 0) is 11.3 Å². The van der Waals surface area contributed by atoms with Gasteiger partial charge in [0.15, 0.2) is 0 Å². The molecule has 4 aromatic rings. The third kappa shape index (κ3) is 3.12. The van der Waals surface area contributed by atoms with Gasteiger partial charge in [-0.2, -0.15) is 5.10 Å². The van der Waals surface area contributed by atoms with E-state index in [-0.39, 0.29) is 24.1 Å². The Morgan fingerprint density at radius 3 is 2.81 bits per heavy atom. The molecule has 0 fully saturated rings. The number of aromatic nitrogens is 4. The first kappa shape index (κ1) is 17.4. The van der Waals surface area contributed by atoms with Crippen LogP contribution in [0, 0.1) is 13.8 Å². The van der Waals surface area contributed by atoms with E-state index in [1.165, 1.54) is 9.56 Å². The molecule has 1 amide bonds. The number of carbonyl (C=O) groups is 1. The van der Waals surface area contributed by atoms with Crippen LogP contribution in [0.4, 0.5) is 0 Å². The fourth-order valence-corrected chi connectivity index (χ4v) is 4.20. The smallest absolute Gasteiger partial charge is 0.291 e. The third-order valence-electron chi connectivity index (χ3n) is 4.46. The summed E-state index contributed by atoms with van der Waals surface area (Å²) in [6.07, 6.45) is 1.68. The molecule has 0 bridgehead atoms. The summed E-state index contributed by atoms with van der Waals surface area (Å²) < 4.78 is 4.12. The average Bonchev–Trinajstić information content (AvgIpc) is 3.16. The molecule has 0 aliphatic rings. The van der Waals surface area contributed by atoms with Crippen LogP contribution >= 0.6 is 11.3 Å². The summed E-state index contributed by atoms with van der Waals surface area (Å²) in [5.74, 6) is 0.388. The summed E-state index contributed by atoms with van der Waals surface area (Å²) in [4.78, 5) is 30.7. The molecule has 0 radical (unpaired) electrons. The fraction of sp³-hybridized carbons (Fsp3) is 0.263. The number of rotatable bonds is 4. The van der Waals surface area contributed by atoms with E-state index in [1.54, 1.807) is 17.5 Å². The van der Waals surface area contributed by atoms with Crippen molar-refractivity contribution in [3.8, 4) is 0 Å². The van der Waals surface area contributed by atoms with Crippen LogP contribution in [0.5, 0.6) is 0 Å². The molecule has 0 unspecified atom stereocenters. The van der Waals surface area contributed by atoms with Gasteiger partial charge in [0.1, 0.15) is 17.9 Å². The van der Waals surface area contributed by atoms with Gasteiger partial charge in [-0.05, 0) is 45.0 Å². The maximum Gasteiger partial charge on any atom is 0.291 e. The minimum atomic E-state index is -0.282. The highest BCUT2D eigenvalue weighted by atomic mass is 32.1. The zero-order valence-corrected chi connectivity index (χ0v) is 16.1. The van der Waals surface area contributed by atoms with E-state index in [0.717, 1.165) is 15.9 Å². The summed E-state index contributed by atoms with van der Waals surface area (Å²) in [5.41, 5.74) is 2.01. The van der Waals surface area contributed by atoms with Gasteiger partial charge in [-0.3, -0.25) is 19.0 Å². The number of hydrogen-bond acceptors (Lipinski definition) is 5. The van der Waals surface area contributed by atoms with E-state index >= 15 is 0 Å². The molecule has 8 heteroatoms. The van der Waals surface area contributed by atoms with Gasteiger partial charge in [0.25, 0.3) is 5.56 Å². The van der Waals surface area contributed by atoms with Crippen molar-refractivity contribution in [1.29, 1.82) is 0 Å². The lowest BCUT2D eigenvalue weighted by Gasteiger charge is -2.14. The monoisotopic (exact) mass is 381 g/mol. The number of nitrogens with zero attached hydrogens (tertiary/aromatic N) is 4. The van der Waals surface area contributed by atoms with Gasteiger partial charge in [-0.1, -0.05) is 6.07 Å². The molecule has 27 heavy (non-hydrogen) atoms. The fourth-order valence-electron chi connectivity index (χ4n) is 3.25. The number of fused-ring (bicyclic) bond motifs is 3. The normalized spacial score (nSPS) is 12.6. The Morgan fingerprint density at radius 2 is 2.07 bits per heavy atom. The molecular weight excluding hydrogens is 362 g/mol. The molecule has 4 rings (SSSR count). The Kier molecular flexibility index (Phi) is 4.27. The summed E-state index contributed by atoms with van der Waals surface area (Å²) in [6, 6.07) is 9.21. The van der Waals surface area contributed by atoms with Crippen LogP contribution in [-0.4, -0.2) is 25.1 Å². The van der Waals surface area contributed by atoms with Gasteiger partial charge >= 0.3 is 0 Å². The molecule has 0 saturated heterocycles. The molecule has 0 aliphatic heterocycles. The number of carbonyl (C=O) groups excluding carboxylic acids is 1. The minimum absolute atomic E-state index is 0.134. The van der Waals surface area contributed by atoms with Crippen molar-refractivity contribution < 1.29 is 4.79 Å². The second-order valence-corrected chi connectivity index (χ2v) is 7.81. The Morgan fingerprint density at radius 1 is 1.26 bits per heavy atom. The number of hydrogen-bond donors (Lipinski definition) is 1. The molecule has 0 aliphatic carbocycles. The average molecular weight is 381 g/mol. The zero-order chi connectivity index (χ0) is 19.1. The highest BCUT2D eigenvalue weighted by molar-refractivity contribution is 7.19. The molecule has 0 spiro atoms. The molecule has 4 aromatic heterocycles. The van der Waals surface area contributed by atoms with Crippen molar-refractivity contribution in [3.05, 3.63) is 63.3 Å². The van der Waals surface area contributed by atoms with Crippen molar-refractivity contribution in [1.82, 2.24) is 24.5 Å². The first-order valence-electron chi connectivity index (χ1n) is 8.63. The van der Waals surface area contributed by atoms with Crippen molar-refractivity contribution in [2.24, 2.45) is 0 Å². The van der Waals surface area contributed by atoms with Gasteiger partial charge in [-0.25, -0.2) is 4.68 Å². The standard InChI is InChI=1S/C19H19N5O2S/c1-11-8-15-17(27-11)9-16-19(26)23(22-13(3)24(15)16)10-18(25)21-12(2)14-6-4-5-7-20-14/h4-9,12H,10H2,1-3H3,(H,21,25)/t12-/m1/s1. The van der Waals surface area contributed by atoms with Gasteiger partial charge in [0.05, 0.1) is 22.0 Å². The molecule has 0 aromatic carbocycles. The number of thiophene rings is 1. The van der Waals surface area contributed by atoms with Gasteiger partial charge in [0.2, 0.25) is 5.91 Å². The quantitative estimate of drug-likeness (QED) is 0.589. The van der Waals surface area contributed by atoms with E-state index in [9.17, 15) is 9.59 Å². The van der Waals surface area contributed by atoms with Gasteiger partial charge in [0, 0.05) is 11.1 Å². The Balaban J connectivity index is 1.63. The van der Waals surface area contributed by atoms with E-state index < -0.39 is 0 Å². The first-order valence-corrected chi connectivity index (χ1v) is 9.45. The van der Waals surface area contributed by atoms with Crippen LogP contribution < -0.4 is 10.9 Å². The lowest BCUT2D eigenvalue weighted by Crippen LogP contribution is -2.36. The first-order chi connectivity index (χ1) is 12.9. The summed E-state index contributed by atoms with van der Waals surface area (Å²) in [6.45, 7) is 5.59. The summed E-state index contributed by atoms with van der Waals surface area (Å²) in [7, 11) is 0. The molecular formula is C19H19N5O2S. The van der Waals surface area contributed by atoms with E-state index in [4.69, 9.17) is 0 Å². The predicted molar refractivity (Wildman–Crippen MR) is 105 cm³/mol. The number of aryl methyl sites for hydroxylation is 2.